The van der Waals surface area contributed by atoms with Crippen LogP contribution in [0.5, 0.6) is 5.75 Å². The quantitative estimate of drug-likeness (QED) is 0.831. The zero-order valence-corrected chi connectivity index (χ0v) is 12.7. The van der Waals surface area contributed by atoms with Crippen molar-refractivity contribution in [1.29, 1.82) is 0 Å². The molecule has 3 heteroatoms. The third-order valence-corrected chi connectivity index (χ3v) is 3.66. The van der Waals surface area contributed by atoms with Crippen LogP contribution in [0.4, 0.5) is 0 Å². The van der Waals surface area contributed by atoms with Gasteiger partial charge < -0.3 is 10.1 Å². The van der Waals surface area contributed by atoms with E-state index in [4.69, 9.17) is 4.74 Å². The van der Waals surface area contributed by atoms with E-state index >= 15 is 0 Å². The zero-order valence-electron chi connectivity index (χ0n) is 12.7. The van der Waals surface area contributed by atoms with Gasteiger partial charge in [-0.05, 0) is 30.5 Å². The molecule has 0 heterocycles. The Balaban J connectivity index is 1.82. The lowest BCUT2D eigenvalue weighted by Crippen LogP contribution is -2.49. The molecular formula is C17H25NO2. The number of benzene rings is 1. The van der Waals surface area contributed by atoms with Crippen molar-refractivity contribution in [3.63, 3.8) is 0 Å². The summed E-state index contributed by atoms with van der Waals surface area (Å²) in [4.78, 5) is 11.5. The van der Waals surface area contributed by atoms with Gasteiger partial charge in [-0.25, -0.2) is 0 Å². The lowest BCUT2D eigenvalue weighted by atomic mass is 9.88. The highest BCUT2D eigenvalue weighted by atomic mass is 16.5. The highest BCUT2D eigenvalue weighted by Crippen LogP contribution is 2.26. The number of hydrogen-bond acceptors (Lipinski definition) is 3. The average molecular weight is 275 g/mol. The number of rotatable bonds is 7. The molecule has 1 aromatic rings. The molecule has 0 aromatic heterocycles. The highest BCUT2D eigenvalue weighted by Gasteiger charge is 2.30. The maximum Gasteiger partial charge on any atom is 0.136 e. The molecule has 0 bridgehead atoms. The standard InChI is InChI=1S/C17H25NO2/c1-4-15(19)8-13-6-5-7-16(9-13)20-17-10-14(11-17)18-12(2)3/h5-7,9,12,14,17-18H,4,8,10-11H2,1-3H3/t14-,17-. The highest BCUT2D eigenvalue weighted by molar-refractivity contribution is 5.80. The molecule has 110 valence electrons. The summed E-state index contributed by atoms with van der Waals surface area (Å²) >= 11 is 0. The molecule has 0 aliphatic heterocycles. The Morgan fingerprint density at radius 2 is 2.15 bits per heavy atom. The number of ether oxygens (including phenoxy) is 1. The molecule has 0 radical (unpaired) electrons. The smallest absolute Gasteiger partial charge is 0.136 e. The first-order valence-corrected chi connectivity index (χ1v) is 7.60. The Kier molecular flexibility index (Phi) is 5.18. The first-order chi connectivity index (χ1) is 9.56. The molecule has 0 amide bonds. The molecule has 1 aliphatic carbocycles. The third-order valence-electron chi connectivity index (χ3n) is 3.66. The van der Waals surface area contributed by atoms with Crippen LogP contribution in [0.1, 0.15) is 45.6 Å². The van der Waals surface area contributed by atoms with Gasteiger partial charge in [0.25, 0.3) is 0 Å². The zero-order chi connectivity index (χ0) is 14.5. The van der Waals surface area contributed by atoms with Crippen molar-refractivity contribution >= 4 is 5.78 Å². The molecule has 20 heavy (non-hydrogen) atoms. The van der Waals surface area contributed by atoms with Crippen LogP contribution in [0.3, 0.4) is 0 Å². The topological polar surface area (TPSA) is 38.3 Å². The number of carbonyl (C=O) groups is 1. The first-order valence-electron chi connectivity index (χ1n) is 7.60. The lowest BCUT2D eigenvalue weighted by molar-refractivity contribution is -0.118. The van der Waals surface area contributed by atoms with E-state index in [1.54, 1.807) is 0 Å². The second-order valence-electron chi connectivity index (χ2n) is 5.95. The number of carbonyl (C=O) groups excluding carboxylic acids is 1. The number of hydrogen-bond donors (Lipinski definition) is 1. The molecule has 1 saturated carbocycles. The van der Waals surface area contributed by atoms with Gasteiger partial charge in [0.05, 0.1) is 0 Å². The van der Waals surface area contributed by atoms with E-state index in [-0.39, 0.29) is 5.78 Å². The lowest BCUT2D eigenvalue weighted by Gasteiger charge is -2.37. The van der Waals surface area contributed by atoms with Gasteiger partial charge in [0, 0.05) is 24.9 Å². The van der Waals surface area contributed by atoms with Gasteiger partial charge in [-0.3, -0.25) is 4.79 Å². The van der Waals surface area contributed by atoms with Crippen LogP contribution in [0, 0.1) is 0 Å². The van der Waals surface area contributed by atoms with Crippen LogP contribution in [-0.2, 0) is 11.2 Å². The van der Waals surface area contributed by atoms with E-state index in [0.717, 1.165) is 24.2 Å². The van der Waals surface area contributed by atoms with Crippen molar-refractivity contribution in [1.82, 2.24) is 5.32 Å². The molecule has 0 saturated heterocycles. The van der Waals surface area contributed by atoms with Crippen LogP contribution in [-0.4, -0.2) is 24.0 Å². The van der Waals surface area contributed by atoms with E-state index in [1.807, 2.05) is 31.2 Å². The van der Waals surface area contributed by atoms with Gasteiger partial charge in [0.1, 0.15) is 17.6 Å². The maximum atomic E-state index is 11.5. The van der Waals surface area contributed by atoms with E-state index in [9.17, 15) is 4.79 Å². The number of nitrogens with one attached hydrogen (secondary N) is 1. The predicted octanol–water partition coefficient (Wildman–Crippen LogP) is 3.12. The Labute approximate surface area is 121 Å². The minimum atomic E-state index is 0.270. The van der Waals surface area contributed by atoms with Gasteiger partial charge in [-0.1, -0.05) is 32.9 Å². The molecule has 0 spiro atoms. The van der Waals surface area contributed by atoms with Crippen molar-refractivity contribution in [3.8, 4) is 5.75 Å². The fourth-order valence-corrected chi connectivity index (χ4v) is 2.54. The van der Waals surface area contributed by atoms with Crippen LogP contribution in [0.15, 0.2) is 24.3 Å². The van der Waals surface area contributed by atoms with E-state index < -0.39 is 0 Å². The number of ketones is 1. The summed E-state index contributed by atoms with van der Waals surface area (Å²) in [5.74, 6) is 1.16. The maximum absolute atomic E-state index is 11.5. The molecule has 1 N–H and O–H groups in total. The van der Waals surface area contributed by atoms with Gasteiger partial charge in [0.2, 0.25) is 0 Å². The SMILES string of the molecule is CCC(=O)Cc1cccc(O[C@H]2C[C@H](NC(C)C)C2)c1. The van der Waals surface area contributed by atoms with E-state index in [1.165, 1.54) is 0 Å². The van der Waals surface area contributed by atoms with E-state index in [0.29, 0.717) is 31.0 Å². The van der Waals surface area contributed by atoms with Crippen molar-refractivity contribution in [2.45, 2.75) is 64.6 Å². The van der Waals surface area contributed by atoms with Crippen molar-refractivity contribution in [2.24, 2.45) is 0 Å². The van der Waals surface area contributed by atoms with Gasteiger partial charge in [-0.2, -0.15) is 0 Å². The molecule has 0 unspecified atom stereocenters. The van der Waals surface area contributed by atoms with Crippen molar-refractivity contribution in [2.75, 3.05) is 0 Å². The Morgan fingerprint density at radius 3 is 2.80 bits per heavy atom. The number of Topliss-reactive ketones (excluding diaryl/α,β-unsaturated/α-hetero) is 1. The summed E-state index contributed by atoms with van der Waals surface area (Å²) < 4.78 is 5.97. The van der Waals surface area contributed by atoms with Gasteiger partial charge in [-0.15, -0.1) is 0 Å². The van der Waals surface area contributed by atoms with Crippen molar-refractivity contribution in [3.05, 3.63) is 29.8 Å². The summed E-state index contributed by atoms with van der Waals surface area (Å²) in [6.45, 7) is 6.24. The van der Waals surface area contributed by atoms with Crippen LogP contribution < -0.4 is 10.1 Å². The van der Waals surface area contributed by atoms with Crippen LogP contribution in [0.25, 0.3) is 0 Å². The summed E-state index contributed by atoms with van der Waals surface area (Å²) in [5, 5.41) is 3.52. The minimum absolute atomic E-state index is 0.270. The van der Waals surface area contributed by atoms with E-state index in [2.05, 4.69) is 19.2 Å². The fourth-order valence-electron chi connectivity index (χ4n) is 2.54. The second kappa shape index (κ2) is 6.89. The molecule has 1 aliphatic rings. The molecule has 1 aromatic carbocycles. The Hall–Kier alpha value is -1.35. The Bertz CT molecular complexity index is 450. The first kappa shape index (κ1) is 15.0. The van der Waals surface area contributed by atoms with Gasteiger partial charge >= 0.3 is 0 Å². The predicted molar refractivity (Wildman–Crippen MR) is 81.2 cm³/mol. The summed E-state index contributed by atoms with van der Waals surface area (Å²) in [6, 6.07) is 9.05. The molecule has 0 atom stereocenters. The summed E-state index contributed by atoms with van der Waals surface area (Å²) in [6.07, 6.45) is 3.54. The van der Waals surface area contributed by atoms with Crippen molar-refractivity contribution < 1.29 is 9.53 Å². The largest absolute Gasteiger partial charge is 0.490 e. The molecule has 3 nitrogen and oxygen atoms in total. The summed E-state index contributed by atoms with van der Waals surface area (Å²) in [5.41, 5.74) is 1.05. The monoisotopic (exact) mass is 275 g/mol. The Morgan fingerprint density at radius 1 is 1.40 bits per heavy atom. The second-order valence-corrected chi connectivity index (χ2v) is 5.95. The average Bonchev–Trinajstić information content (AvgIpc) is 2.36. The molecule has 2 rings (SSSR count). The summed E-state index contributed by atoms with van der Waals surface area (Å²) in [7, 11) is 0. The normalized spacial score (nSPS) is 21.6. The fraction of sp³-hybridized carbons (Fsp3) is 0.588. The van der Waals surface area contributed by atoms with Crippen LogP contribution in [0.2, 0.25) is 0 Å². The molecular weight excluding hydrogens is 250 g/mol. The minimum Gasteiger partial charge on any atom is -0.490 e. The molecule has 1 fully saturated rings. The van der Waals surface area contributed by atoms with Crippen LogP contribution >= 0.6 is 0 Å². The third kappa shape index (κ3) is 4.34. The van der Waals surface area contributed by atoms with Gasteiger partial charge in [0.15, 0.2) is 0 Å².